The zero-order chi connectivity index (χ0) is 17.0. The number of amides is 1. The summed E-state index contributed by atoms with van der Waals surface area (Å²) in [6.07, 6.45) is 2.32. The lowest BCUT2D eigenvalue weighted by Crippen LogP contribution is -2.37. The van der Waals surface area contributed by atoms with Gasteiger partial charge < -0.3 is 15.2 Å². The second-order valence-electron chi connectivity index (χ2n) is 5.98. The third-order valence-corrected chi connectivity index (χ3v) is 4.42. The number of hydrogen-bond acceptors (Lipinski definition) is 3. The maximum Gasteiger partial charge on any atom is 0.306 e. The van der Waals surface area contributed by atoms with Crippen molar-refractivity contribution < 1.29 is 23.8 Å². The number of carbonyl (C=O) groups excluding carboxylic acids is 1. The lowest BCUT2D eigenvalue weighted by atomic mass is 9.81. The number of carboxylic acid groups (broad SMARTS) is 1. The van der Waals surface area contributed by atoms with Crippen molar-refractivity contribution in [3.63, 3.8) is 0 Å². The quantitative estimate of drug-likeness (QED) is 0.873. The molecule has 2 N–H and O–H groups in total. The molecule has 0 aromatic heterocycles. The Balaban J connectivity index is 2.07. The van der Waals surface area contributed by atoms with Crippen LogP contribution in [-0.2, 0) is 9.59 Å². The molecule has 0 radical (unpaired) electrons. The van der Waals surface area contributed by atoms with Crippen LogP contribution in [0.1, 0.15) is 44.2 Å². The van der Waals surface area contributed by atoms with E-state index in [1.807, 2.05) is 0 Å². The van der Waals surface area contributed by atoms with Crippen LogP contribution in [0.4, 0.5) is 4.39 Å². The highest BCUT2D eigenvalue weighted by Crippen LogP contribution is 2.31. The highest BCUT2D eigenvalue weighted by atomic mass is 19.1. The molecule has 1 amide bonds. The standard InChI is InChI=1S/C17H22FNO4/c1-10(15-13(18)7-4-8-14(15)23-2)19-16(20)11-5-3-6-12(9-11)17(21)22/h4,7-8,10-12H,3,5-6,9H2,1-2H3,(H,19,20)(H,21,22). The highest BCUT2D eigenvalue weighted by Gasteiger charge is 2.32. The minimum atomic E-state index is -0.855. The van der Waals surface area contributed by atoms with Crippen molar-refractivity contribution in [1.29, 1.82) is 0 Å². The van der Waals surface area contributed by atoms with Gasteiger partial charge in [-0.25, -0.2) is 4.39 Å². The van der Waals surface area contributed by atoms with Gasteiger partial charge in [0.05, 0.1) is 24.6 Å². The summed E-state index contributed by atoms with van der Waals surface area (Å²) in [4.78, 5) is 23.5. The maximum atomic E-state index is 14.0. The van der Waals surface area contributed by atoms with E-state index in [0.717, 1.165) is 0 Å². The van der Waals surface area contributed by atoms with Crippen LogP contribution in [0.2, 0.25) is 0 Å². The van der Waals surface area contributed by atoms with E-state index in [-0.39, 0.29) is 11.8 Å². The van der Waals surface area contributed by atoms with Crippen LogP contribution in [0.5, 0.6) is 5.75 Å². The molecule has 3 unspecified atom stereocenters. The molecule has 23 heavy (non-hydrogen) atoms. The topological polar surface area (TPSA) is 75.6 Å². The van der Waals surface area contributed by atoms with E-state index in [1.54, 1.807) is 19.1 Å². The summed E-state index contributed by atoms with van der Waals surface area (Å²) in [6, 6.07) is 3.96. The molecule has 0 spiro atoms. The Morgan fingerprint density at radius 2 is 2.04 bits per heavy atom. The first-order chi connectivity index (χ1) is 10.9. The van der Waals surface area contributed by atoms with Gasteiger partial charge in [-0.05, 0) is 38.3 Å². The molecule has 126 valence electrons. The minimum Gasteiger partial charge on any atom is -0.496 e. The van der Waals surface area contributed by atoms with Gasteiger partial charge in [0.1, 0.15) is 11.6 Å². The Morgan fingerprint density at radius 3 is 2.70 bits per heavy atom. The predicted molar refractivity (Wildman–Crippen MR) is 82.6 cm³/mol. The second-order valence-corrected chi connectivity index (χ2v) is 5.98. The van der Waals surface area contributed by atoms with Crippen molar-refractivity contribution in [2.75, 3.05) is 7.11 Å². The van der Waals surface area contributed by atoms with Crippen LogP contribution in [-0.4, -0.2) is 24.1 Å². The van der Waals surface area contributed by atoms with Crippen molar-refractivity contribution in [3.05, 3.63) is 29.6 Å². The molecule has 0 bridgehead atoms. The van der Waals surface area contributed by atoms with E-state index in [4.69, 9.17) is 9.84 Å². The van der Waals surface area contributed by atoms with Crippen LogP contribution in [0.25, 0.3) is 0 Å². The molecule has 2 rings (SSSR count). The number of halogens is 1. The van der Waals surface area contributed by atoms with E-state index in [9.17, 15) is 14.0 Å². The first kappa shape index (κ1) is 17.2. The fourth-order valence-corrected chi connectivity index (χ4v) is 3.17. The second kappa shape index (κ2) is 7.44. The molecule has 1 aliphatic rings. The van der Waals surface area contributed by atoms with Crippen LogP contribution < -0.4 is 10.1 Å². The Labute approximate surface area is 134 Å². The van der Waals surface area contributed by atoms with Crippen molar-refractivity contribution in [2.24, 2.45) is 11.8 Å². The van der Waals surface area contributed by atoms with Gasteiger partial charge in [0.15, 0.2) is 0 Å². The number of aliphatic carboxylic acids is 1. The molecule has 1 aromatic rings. The molecule has 0 saturated heterocycles. The van der Waals surface area contributed by atoms with E-state index in [0.29, 0.717) is 37.0 Å². The number of hydrogen-bond donors (Lipinski definition) is 2. The van der Waals surface area contributed by atoms with Crippen LogP contribution in [0.3, 0.4) is 0 Å². The van der Waals surface area contributed by atoms with Gasteiger partial charge in [-0.1, -0.05) is 12.5 Å². The number of rotatable bonds is 5. The third kappa shape index (κ3) is 4.00. The average Bonchev–Trinajstić information content (AvgIpc) is 2.54. The molecule has 6 heteroatoms. The largest absolute Gasteiger partial charge is 0.496 e. The number of benzene rings is 1. The number of methoxy groups -OCH3 is 1. The third-order valence-electron chi connectivity index (χ3n) is 4.42. The summed E-state index contributed by atoms with van der Waals surface area (Å²) in [5.41, 5.74) is 0.300. The van der Waals surface area contributed by atoms with E-state index >= 15 is 0 Å². The zero-order valence-corrected chi connectivity index (χ0v) is 13.3. The molecule has 5 nitrogen and oxygen atoms in total. The predicted octanol–water partition coefficient (Wildman–Crippen LogP) is 2.90. The van der Waals surface area contributed by atoms with Gasteiger partial charge >= 0.3 is 5.97 Å². The van der Waals surface area contributed by atoms with Crippen molar-refractivity contribution in [2.45, 2.75) is 38.6 Å². The lowest BCUT2D eigenvalue weighted by Gasteiger charge is -2.27. The SMILES string of the molecule is COc1cccc(F)c1C(C)NC(=O)C1CCCC(C(=O)O)C1. The van der Waals surface area contributed by atoms with Crippen molar-refractivity contribution >= 4 is 11.9 Å². The molecule has 0 aliphatic heterocycles. The Hall–Kier alpha value is -2.11. The number of nitrogens with one attached hydrogen (secondary N) is 1. The molecule has 0 heterocycles. The fraction of sp³-hybridized carbons (Fsp3) is 0.529. The van der Waals surface area contributed by atoms with Gasteiger partial charge in [0.2, 0.25) is 5.91 Å². The Kier molecular flexibility index (Phi) is 5.58. The van der Waals surface area contributed by atoms with Gasteiger partial charge in [0, 0.05) is 5.92 Å². The van der Waals surface area contributed by atoms with Crippen LogP contribution >= 0.6 is 0 Å². The van der Waals surface area contributed by atoms with Crippen molar-refractivity contribution in [1.82, 2.24) is 5.32 Å². The smallest absolute Gasteiger partial charge is 0.306 e. The monoisotopic (exact) mass is 323 g/mol. The minimum absolute atomic E-state index is 0.228. The van der Waals surface area contributed by atoms with Gasteiger partial charge in [-0.15, -0.1) is 0 Å². The first-order valence-electron chi connectivity index (χ1n) is 7.79. The number of carbonyl (C=O) groups is 2. The molecular formula is C17H22FNO4. The molecule has 3 atom stereocenters. The van der Waals surface area contributed by atoms with E-state index < -0.39 is 23.7 Å². The molecular weight excluding hydrogens is 301 g/mol. The summed E-state index contributed by atoms with van der Waals surface area (Å²) in [5.74, 6) is -1.96. The number of ether oxygens (including phenoxy) is 1. The highest BCUT2D eigenvalue weighted by molar-refractivity contribution is 5.80. The van der Waals surface area contributed by atoms with Gasteiger partial charge in [-0.3, -0.25) is 9.59 Å². The maximum absolute atomic E-state index is 14.0. The Bertz CT molecular complexity index is 590. The molecule has 1 aliphatic carbocycles. The van der Waals surface area contributed by atoms with Crippen molar-refractivity contribution in [3.8, 4) is 5.75 Å². The van der Waals surface area contributed by atoms with Gasteiger partial charge in [-0.2, -0.15) is 0 Å². The summed E-state index contributed by atoms with van der Waals surface area (Å²) in [6.45, 7) is 1.69. The van der Waals surface area contributed by atoms with E-state index in [2.05, 4.69) is 5.32 Å². The summed E-state index contributed by atoms with van der Waals surface area (Å²) < 4.78 is 19.2. The van der Waals surface area contributed by atoms with Crippen LogP contribution in [0, 0.1) is 17.7 Å². The fourth-order valence-electron chi connectivity index (χ4n) is 3.17. The molecule has 1 fully saturated rings. The average molecular weight is 323 g/mol. The summed E-state index contributed by atoms with van der Waals surface area (Å²) in [5, 5.41) is 11.9. The first-order valence-corrected chi connectivity index (χ1v) is 7.79. The number of carboxylic acids is 1. The van der Waals surface area contributed by atoms with Crippen LogP contribution in [0.15, 0.2) is 18.2 Å². The Morgan fingerprint density at radius 1 is 1.35 bits per heavy atom. The normalized spacial score (nSPS) is 22.2. The lowest BCUT2D eigenvalue weighted by molar-refractivity contribution is -0.144. The van der Waals surface area contributed by atoms with E-state index in [1.165, 1.54) is 13.2 Å². The van der Waals surface area contributed by atoms with Gasteiger partial charge in [0.25, 0.3) is 0 Å². The molecule has 1 saturated carbocycles. The summed E-state index contributed by atoms with van der Waals surface area (Å²) >= 11 is 0. The molecule has 1 aromatic carbocycles. The summed E-state index contributed by atoms with van der Waals surface area (Å²) in [7, 11) is 1.45. The zero-order valence-electron chi connectivity index (χ0n) is 13.3.